The summed E-state index contributed by atoms with van der Waals surface area (Å²) >= 11 is 0. The van der Waals surface area contributed by atoms with E-state index in [1.807, 2.05) is 40.8 Å². The van der Waals surface area contributed by atoms with Crippen LogP contribution < -0.4 is 10.6 Å². The zero-order chi connectivity index (χ0) is 21.9. The number of anilines is 3. The molecule has 4 aromatic rings. The van der Waals surface area contributed by atoms with E-state index >= 15 is 0 Å². The third-order valence-electron chi connectivity index (χ3n) is 5.61. The summed E-state index contributed by atoms with van der Waals surface area (Å²) in [5.74, 6) is 2.11. The van der Waals surface area contributed by atoms with Gasteiger partial charge in [0.05, 0.1) is 12.5 Å². The van der Waals surface area contributed by atoms with Gasteiger partial charge < -0.3 is 20.1 Å². The number of imidazole rings is 1. The number of carbonyl (C=O) groups excluding carboxylic acids is 1. The Morgan fingerprint density at radius 2 is 1.97 bits per heavy atom. The number of hydrogen-bond donors (Lipinski definition) is 2. The van der Waals surface area contributed by atoms with Gasteiger partial charge >= 0.3 is 0 Å². The first-order valence-corrected chi connectivity index (χ1v) is 10.7. The summed E-state index contributed by atoms with van der Waals surface area (Å²) in [6, 6.07) is 12.0. The van der Waals surface area contributed by atoms with Crippen LogP contribution in [0.5, 0.6) is 0 Å². The number of nitrogens with zero attached hydrogens (tertiary/aromatic N) is 7. The van der Waals surface area contributed by atoms with E-state index in [1.54, 1.807) is 17.2 Å². The molecule has 5 rings (SSSR count). The van der Waals surface area contributed by atoms with Crippen molar-refractivity contribution in [3.05, 3.63) is 54.5 Å². The van der Waals surface area contributed by atoms with Crippen molar-refractivity contribution in [1.29, 1.82) is 0 Å². The lowest BCUT2D eigenvalue weighted by Crippen LogP contribution is -2.28. The van der Waals surface area contributed by atoms with Crippen LogP contribution >= 0.6 is 0 Å². The van der Waals surface area contributed by atoms with Gasteiger partial charge in [0.15, 0.2) is 17.0 Å². The smallest absolute Gasteiger partial charge is 0.232 e. The molecule has 0 radical (unpaired) electrons. The first-order chi connectivity index (χ1) is 15.7. The molecule has 1 fully saturated rings. The molecule has 1 amide bonds. The first kappa shape index (κ1) is 20.0. The number of aromatic nitrogens is 6. The van der Waals surface area contributed by atoms with Crippen molar-refractivity contribution >= 4 is 34.7 Å². The van der Waals surface area contributed by atoms with Gasteiger partial charge in [0.25, 0.3) is 0 Å². The first-order valence-electron chi connectivity index (χ1n) is 10.7. The molecule has 10 nitrogen and oxygen atoms in total. The Morgan fingerprint density at radius 3 is 2.72 bits per heavy atom. The number of nitrogens with one attached hydrogen (secondary N) is 2. The molecule has 0 atom stereocenters. The van der Waals surface area contributed by atoms with Crippen molar-refractivity contribution < 1.29 is 4.79 Å². The number of benzene rings is 1. The summed E-state index contributed by atoms with van der Waals surface area (Å²) in [4.78, 5) is 27.9. The maximum atomic E-state index is 12.0. The molecule has 164 valence electrons. The average molecular weight is 432 g/mol. The Kier molecular flexibility index (Phi) is 5.40. The monoisotopic (exact) mass is 431 g/mol. The molecule has 0 saturated carbocycles. The van der Waals surface area contributed by atoms with Gasteiger partial charge in [-0.05, 0) is 12.0 Å². The molecule has 0 aliphatic carbocycles. The summed E-state index contributed by atoms with van der Waals surface area (Å²) in [5.41, 5.74) is 2.56. The predicted molar refractivity (Wildman–Crippen MR) is 121 cm³/mol. The second kappa shape index (κ2) is 8.66. The van der Waals surface area contributed by atoms with E-state index in [9.17, 15) is 4.79 Å². The number of aryl methyl sites for hydroxylation is 1. The Hall–Kier alpha value is -3.95. The maximum absolute atomic E-state index is 12.0. The Bertz CT molecular complexity index is 1230. The molecule has 2 N–H and O–H groups in total. The summed E-state index contributed by atoms with van der Waals surface area (Å²) < 4.78 is 3.70. The fourth-order valence-corrected chi connectivity index (χ4v) is 3.85. The van der Waals surface area contributed by atoms with Crippen LogP contribution in [0.15, 0.2) is 48.9 Å². The number of carbonyl (C=O) groups is 1. The van der Waals surface area contributed by atoms with Gasteiger partial charge in [0, 0.05) is 45.7 Å². The highest BCUT2D eigenvalue weighted by atomic mass is 16.2. The molecule has 0 spiro atoms. The highest BCUT2D eigenvalue weighted by Gasteiger charge is 2.20. The number of rotatable bonds is 8. The molecule has 0 unspecified atom stereocenters. The normalized spacial score (nSPS) is 13.8. The van der Waals surface area contributed by atoms with Crippen molar-refractivity contribution in [2.24, 2.45) is 7.05 Å². The van der Waals surface area contributed by atoms with Gasteiger partial charge in [-0.3, -0.25) is 9.48 Å². The van der Waals surface area contributed by atoms with Crippen LogP contribution in [-0.4, -0.2) is 53.2 Å². The number of likely N-dealkylation sites (tertiary alicyclic amines) is 1. The quantitative estimate of drug-likeness (QED) is 0.442. The Morgan fingerprint density at radius 1 is 1.09 bits per heavy atom. The van der Waals surface area contributed by atoms with Crippen LogP contribution in [0.4, 0.5) is 17.6 Å². The summed E-state index contributed by atoms with van der Waals surface area (Å²) in [6.45, 7) is 2.71. The maximum Gasteiger partial charge on any atom is 0.232 e. The average Bonchev–Trinajstić information content (AvgIpc) is 3.52. The van der Waals surface area contributed by atoms with E-state index < -0.39 is 0 Å². The second-order valence-corrected chi connectivity index (χ2v) is 7.79. The van der Waals surface area contributed by atoms with Crippen LogP contribution in [0, 0.1) is 0 Å². The second-order valence-electron chi connectivity index (χ2n) is 7.79. The third-order valence-corrected chi connectivity index (χ3v) is 5.61. The Balaban J connectivity index is 1.45. The molecular weight excluding hydrogens is 406 g/mol. The highest BCUT2D eigenvalue weighted by molar-refractivity contribution is 5.84. The molecule has 1 saturated heterocycles. The number of hydrogen-bond acceptors (Lipinski definition) is 7. The van der Waals surface area contributed by atoms with Crippen LogP contribution in [0.25, 0.3) is 11.2 Å². The fourth-order valence-electron chi connectivity index (χ4n) is 3.85. The lowest BCUT2D eigenvalue weighted by atomic mass is 10.2. The van der Waals surface area contributed by atoms with E-state index in [0.717, 1.165) is 24.3 Å². The van der Waals surface area contributed by atoms with Crippen LogP contribution in [0.1, 0.15) is 18.4 Å². The van der Waals surface area contributed by atoms with Crippen LogP contribution in [0.3, 0.4) is 0 Å². The van der Waals surface area contributed by atoms with Crippen molar-refractivity contribution in [1.82, 2.24) is 34.2 Å². The summed E-state index contributed by atoms with van der Waals surface area (Å²) in [6.07, 6.45) is 5.05. The fraction of sp³-hybridized carbons (Fsp3) is 0.318. The van der Waals surface area contributed by atoms with E-state index in [1.165, 1.54) is 0 Å². The van der Waals surface area contributed by atoms with Gasteiger partial charge in [0.2, 0.25) is 11.9 Å². The minimum absolute atomic E-state index is 0.216. The van der Waals surface area contributed by atoms with Crippen LogP contribution in [-0.2, 0) is 24.9 Å². The van der Waals surface area contributed by atoms with Crippen LogP contribution in [0.2, 0.25) is 0 Å². The lowest BCUT2D eigenvalue weighted by molar-refractivity contribution is -0.127. The molecule has 10 heteroatoms. The van der Waals surface area contributed by atoms with Gasteiger partial charge in [-0.2, -0.15) is 15.1 Å². The Labute approximate surface area is 185 Å². The number of amides is 1. The van der Waals surface area contributed by atoms with E-state index in [-0.39, 0.29) is 5.91 Å². The molecule has 32 heavy (non-hydrogen) atoms. The molecule has 1 aromatic carbocycles. The van der Waals surface area contributed by atoms with Crippen molar-refractivity contribution in [3.63, 3.8) is 0 Å². The summed E-state index contributed by atoms with van der Waals surface area (Å²) in [7, 11) is 1.85. The van der Waals surface area contributed by atoms with Gasteiger partial charge in [-0.15, -0.1) is 0 Å². The van der Waals surface area contributed by atoms with E-state index in [2.05, 4.69) is 37.8 Å². The van der Waals surface area contributed by atoms with Gasteiger partial charge in [-0.25, -0.2) is 4.98 Å². The molecule has 1 aliphatic rings. The highest BCUT2D eigenvalue weighted by Crippen LogP contribution is 2.23. The SMILES string of the molecule is Cn1nccc1Nc1nc(NCc2ccccc2)c2ncn(CCN3CCCC3=O)c2n1. The van der Waals surface area contributed by atoms with Crippen molar-refractivity contribution in [2.75, 3.05) is 23.7 Å². The predicted octanol–water partition coefficient (Wildman–Crippen LogP) is 2.54. The minimum Gasteiger partial charge on any atom is -0.364 e. The van der Waals surface area contributed by atoms with Gasteiger partial charge in [0.1, 0.15) is 5.82 Å². The summed E-state index contributed by atoms with van der Waals surface area (Å²) in [5, 5.41) is 10.8. The largest absolute Gasteiger partial charge is 0.364 e. The number of fused-ring (bicyclic) bond motifs is 1. The third kappa shape index (κ3) is 4.11. The minimum atomic E-state index is 0.216. The zero-order valence-electron chi connectivity index (χ0n) is 17.9. The molecule has 0 bridgehead atoms. The molecule has 1 aliphatic heterocycles. The topological polar surface area (TPSA) is 106 Å². The standard InChI is InChI=1S/C22H25N9O/c1-29-17(9-10-25-29)26-22-27-20(23-14-16-6-3-2-4-7-16)19-21(28-22)31(15-24-19)13-12-30-11-5-8-18(30)32/h2-4,6-7,9-10,15H,5,8,11-14H2,1H3,(H2,23,26,27,28). The van der Waals surface area contributed by atoms with Crippen molar-refractivity contribution in [3.8, 4) is 0 Å². The molecular formula is C22H25N9O. The van der Waals surface area contributed by atoms with E-state index in [4.69, 9.17) is 4.98 Å². The van der Waals surface area contributed by atoms with Gasteiger partial charge in [-0.1, -0.05) is 30.3 Å². The van der Waals surface area contributed by atoms with Crippen molar-refractivity contribution in [2.45, 2.75) is 25.9 Å². The zero-order valence-corrected chi connectivity index (χ0v) is 17.9. The van der Waals surface area contributed by atoms with E-state index in [0.29, 0.717) is 49.0 Å². The molecule has 4 heterocycles. The lowest BCUT2D eigenvalue weighted by Gasteiger charge is -2.16. The molecule has 3 aromatic heterocycles.